The number of benzene rings is 1. The average Bonchev–Trinajstić information content (AvgIpc) is 2.94. The van der Waals surface area contributed by atoms with Crippen molar-refractivity contribution in [3.63, 3.8) is 0 Å². The molecule has 3 rings (SSSR count). The van der Waals surface area contributed by atoms with Crippen molar-refractivity contribution in [2.75, 3.05) is 11.9 Å². The molecule has 0 radical (unpaired) electrons. The van der Waals surface area contributed by atoms with Crippen LogP contribution in [0.25, 0.3) is 11.0 Å². The normalized spacial score (nSPS) is 22.0. The van der Waals surface area contributed by atoms with Crippen molar-refractivity contribution in [3.05, 3.63) is 30.5 Å². The molecule has 6 nitrogen and oxygen atoms in total. The van der Waals surface area contributed by atoms with Crippen molar-refractivity contribution in [1.29, 1.82) is 0 Å². The van der Waals surface area contributed by atoms with Crippen LogP contribution in [0.15, 0.2) is 30.5 Å². The first-order chi connectivity index (χ1) is 9.72. The third-order valence-electron chi connectivity index (χ3n) is 3.34. The Morgan fingerprint density at radius 3 is 2.90 bits per heavy atom. The zero-order valence-corrected chi connectivity index (χ0v) is 10.8. The maximum Gasteiger partial charge on any atom is 0.332 e. The monoisotopic (exact) mass is 273 g/mol. The second-order valence-corrected chi connectivity index (χ2v) is 4.79. The molecular formula is C14H15N3O3. The lowest BCUT2D eigenvalue weighted by molar-refractivity contribution is -0.149. The Kier molecular flexibility index (Phi) is 3.47. The van der Waals surface area contributed by atoms with E-state index in [9.17, 15) is 4.79 Å². The van der Waals surface area contributed by atoms with Crippen LogP contribution >= 0.6 is 0 Å². The highest BCUT2D eigenvalue weighted by Gasteiger charge is 2.30. The van der Waals surface area contributed by atoms with Gasteiger partial charge < -0.3 is 15.2 Å². The molecule has 2 aromatic rings. The van der Waals surface area contributed by atoms with E-state index in [1.807, 2.05) is 24.3 Å². The number of hydrogen-bond acceptors (Lipinski definition) is 5. The molecule has 20 heavy (non-hydrogen) atoms. The van der Waals surface area contributed by atoms with Crippen LogP contribution in [0.4, 0.5) is 5.82 Å². The lowest BCUT2D eigenvalue weighted by Gasteiger charge is -2.12. The lowest BCUT2D eigenvalue weighted by atomic mass is 10.2. The van der Waals surface area contributed by atoms with Crippen molar-refractivity contribution in [2.45, 2.75) is 25.0 Å². The van der Waals surface area contributed by atoms with E-state index in [0.29, 0.717) is 18.8 Å². The molecule has 1 aliphatic rings. The summed E-state index contributed by atoms with van der Waals surface area (Å²) in [6, 6.07) is 7.64. The number of nitrogens with zero attached hydrogens (tertiary/aromatic N) is 2. The van der Waals surface area contributed by atoms with E-state index in [1.54, 1.807) is 6.20 Å². The topological polar surface area (TPSA) is 84.3 Å². The molecule has 1 saturated heterocycles. The standard InChI is InChI=1S/C14H15N3O3/c18-14(19)12-6-5-9(20-12)7-16-13-8-15-10-3-1-2-4-11(10)17-13/h1-4,8-9,12H,5-7H2,(H,16,17)(H,18,19). The van der Waals surface area contributed by atoms with E-state index in [4.69, 9.17) is 9.84 Å². The highest BCUT2D eigenvalue weighted by molar-refractivity contribution is 5.75. The van der Waals surface area contributed by atoms with E-state index in [2.05, 4.69) is 15.3 Å². The molecule has 0 bridgehead atoms. The van der Waals surface area contributed by atoms with Gasteiger partial charge in [-0.3, -0.25) is 4.98 Å². The summed E-state index contributed by atoms with van der Waals surface area (Å²) in [7, 11) is 0. The first-order valence-corrected chi connectivity index (χ1v) is 6.56. The van der Waals surface area contributed by atoms with Gasteiger partial charge in [0.1, 0.15) is 5.82 Å². The Morgan fingerprint density at radius 1 is 1.35 bits per heavy atom. The van der Waals surface area contributed by atoms with Crippen LogP contribution in [0.5, 0.6) is 0 Å². The van der Waals surface area contributed by atoms with E-state index in [0.717, 1.165) is 17.5 Å². The maximum absolute atomic E-state index is 10.8. The van der Waals surface area contributed by atoms with Crippen molar-refractivity contribution < 1.29 is 14.6 Å². The average molecular weight is 273 g/mol. The van der Waals surface area contributed by atoms with Gasteiger partial charge in [-0.25, -0.2) is 9.78 Å². The molecule has 0 saturated carbocycles. The lowest BCUT2D eigenvalue weighted by Crippen LogP contribution is -2.24. The van der Waals surface area contributed by atoms with Gasteiger partial charge in [0.2, 0.25) is 0 Å². The van der Waals surface area contributed by atoms with Gasteiger partial charge in [0, 0.05) is 6.54 Å². The van der Waals surface area contributed by atoms with Crippen molar-refractivity contribution in [1.82, 2.24) is 9.97 Å². The quantitative estimate of drug-likeness (QED) is 0.881. The summed E-state index contributed by atoms with van der Waals surface area (Å²) >= 11 is 0. The largest absolute Gasteiger partial charge is 0.479 e. The molecule has 2 atom stereocenters. The van der Waals surface area contributed by atoms with E-state index < -0.39 is 12.1 Å². The Labute approximate surface area is 115 Å². The van der Waals surface area contributed by atoms with E-state index in [1.165, 1.54) is 0 Å². The molecule has 1 aliphatic heterocycles. The number of para-hydroxylation sites is 2. The number of carboxylic acid groups (broad SMARTS) is 1. The predicted molar refractivity (Wildman–Crippen MR) is 73.6 cm³/mol. The van der Waals surface area contributed by atoms with Crippen molar-refractivity contribution in [2.24, 2.45) is 0 Å². The van der Waals surface area contributed by atoms with Crippen LogP contribution in [0, 0.1) is 0 Å². The second-order valence-electron chi connectivity index (χ2n) is 4.79. The minimum atomic E-state index is -0.891. The molecule has 2 N–H and O–H groups in total. The summed E-state index contributed by atoms with van der Waals surface area (Å²) in [5.41, 5.74) is 1.68. The zero-order valence-electron chi connectivity index (χ0n) is 10.8. The van der Waals surface area contributed by atoms with Gasteiger partial charge in [-0.2, -0.15) is 0 Å². The molecule has 1 aromatic heterocycles. The fourth-order valence-corrected chi connectivity index (χ4v) is 2.30. The minimum Gasteiger partial charge on any atom is -0.479 e. The van der Waals surface area contributed by atoms with Crippen molar-refractivity contribution >= 4 is 22.8 Å². The highest BCUT2D eigenvalue weighted by atomic mass is 16.5. The van der Waals surface area contributed by atoms with Crippen LogP contribution in [0.2, 0.25) is 0 Å². The number of fused-ring (bicyclic) bond motifs is 1. The number of anilines is 1. The molecule has 6 heteroatoms. The molecule has 1 fully saturated rings. The molecule has 104 valence electrons. The maximum atomic E-state index is 10.8. The van der Waals surface area contributed by atoms with Crippen LogP contribution < -0.4 is 5.32 Å². The first-order valence-electron chi connectivity index (χ1n) is 6.56. The number of rotatable bonds is 4. The number of carboxylic acids is 1. The minimum absolute atomic E-state index is 0.0932. The number of hydrogen-bond donors (Lipinski definition) is 2. The van der Waals surface area contributed by atoms with Crippen LogP contribution in [0.3, 0.4) is 0 Å². The molecule has 0 amide bonds. The summed E-state index contributed by atoms with van der Waals surface area (Å²) in [6.07, 6.45) is 2.20. The summed E-state index contributed by atoms with van der Waals surface area (Å²) in [4.78, 5) is 19.6. The number of aromatic nitrogens is 2. The van der Waals surface area contributed by atoms with Gasteiger partial charge >= 0.3 is 5.97 Å². The molecule has 0 spiro atoms. The number of ether oxygens (including phenoxy) is 1. The molecule has 2 unspecified atom stereocenters. The number of nitrogens with one attached hydrogen (secondary N) is 1. The van der Waals surface area contributed by atoms with Crippen LogP contribution in [-0.4, -0.2) is 39.8 Å². The van der Waals surface area contributed by atoms with Gasteiger partial charge in [0.25, 0.3) is 0 Å². The number of aliphatic carboxylic acids is 1. The highest BCUT2D eigenvalue weighted by Crippen LogP contribution is 2.20. The molecule has 1 aromatic carbocycles. The van der Waals surface area contributed by atoms with Gasteiger partial charge in [-0.05, 0) is 25.0 Å². The Bertz CT molecular complexity index is 632. The van der Waals surface area contributed by atoms with Crippen LogP contribution in [0.1, 0.15) is 12.8 Å². The molecule has 2 heterocycles. The van der Waals surface area contributed by atoms with E-state index >= 15 is 0 Å². The number of carbonyl (C=O) groups is 1. The summed E-state index contributed by atoms with van der Waals surface area (Å²) in [5.74, 6) is -0.218. The second kappa shape index (κ2) is 5.42. The predicted octanol–water partition coefficient (Wildman–Crippen LogP) is 1.67. The molecule has 0 aliphatic carbocycles. The van der Waals surface area contributed by atoms with Crippen molar-refractivity contribution in [3.8, 4) is 0 Å². The Morgan fingerprint density at radius 2 is 2.15 bits per heavy atom. The fourth-order valence-electron chi connectivity index (χ4n) is 2.30. The summed E-state index contributed by atoms with van der Waals surface area (Å²) < 4.78 is 5.42. The fraction of sp³-hybridized carbons (Fsp3) is 0.357. The zero-order chi connectivity index (χ0) is 13.9. The SMILES string of the molecule is O=C(O)C1CCC(CNc2cnc3ccccc3n2)O1. The van der Waals surface area contributed by atoms with E-state index in [-0.39, 0.29) is 6.10 Å². The first kappa shape index (κ1) is 12.8. The van der Waals surface area contributed by atoms with Gasteiger partial charge in [0.05, 0.1) is 23.3 Å². The van der Waals surface area contributed by atoms with Gasteiger partial charge in [-0.1, -0.05) is 12.1 Å². The third-order valence-corrected chi connectivity index (χ3v) is 3.34. The van der Waals surface area contributed by atoms with Gasteiger partial charge in [-0.15, -0.1) is 0 Å². The smallest absolute Gasteiger partial charge is 0.332 e. The van der Waals surface area contributed by atoms with Gasteiger partial charge in [0.15, 0.2) is 6.10 Å². The summed E-state index contributed by atoms with van der Waals surface area (Å²) in [5, 5.41) is 12.0. The third kappa shape index (κ3) is 2.70. The van der Waals surface area contributed by atoms with Crippen LogP contribution in [-0.2, 0) is 9.53 Å². The Balaban J connectivity index is 1.61. The molecular weight excluding hydrogens is 258 g/mol. The Hall–Kier alpha value is -2.21. The summed E-state index contributed by atoms with van der Waals surface area (Å²) in [6.45, 7) is 0.538.